The lowest BCUT2D eigenvalue weighted by Gasteiger charge is -2.18. The third-order valence-corrected chi connectivity index (χ3v) is 14.1. The zero-order valence-corrected chi connectivity index (χ0v) is 45.7. The molecule has 0 aromatic heterocycles. The molecule has 0 aliphatic rings. The van der Waals surface area contributed by atoms with Crippen LogP contribution < -0.4 is 0 Å². The summed E-state index contributed by atoms with van der Waals surface area (Å²) in [5.74, 6) is -0.833. The zero-order chi connectivity index (χ0) is 48.6. The van der Waals surface area contributed by atoms with Crippen molar-refractivity contribution in [2.45, 2.75) is 361 Å². The van der Waals surface area contributed by atoms with Gasteiger partial charge in [-0.15, -0.1) is 0 Å². The van der Waals surface area contributed by atoms with Gasteiger partial charge in [-0.1, -0.05) is 316 Å². The van der Waals surface area contributed by atoms with Gasteiger partial charge >= 0.3 is 17.9 Å². The van der Waals surface area contributed by atoms with E-state index in [9.17, 15) is 14.4 Å². The lowest BCUT2D eigenvalue weighted by molar-refractivity contribution is -0.167. The van der Waals surface area contributed by atoms with E-state index in [0.29, 0.717) is 19.3 Å². The van der Waals surface area contributed by atoms with Crippen LogP contribution in [0.4, 0.5) is 0 Å². The normalized spacial score (nSPS) is 11.9. The fourth-order valence-corrected chi connectivity index (χ4v) is 9.51. The maximum Gasteiger partial charge on any atom is 0.306 e. The molecule has 0 saturated carbocycles. The second-order valence-corrected chi connectivity index (χ2v) is 21.0. The number of rotatable bonds is 57. The molecule has 0 aromatic carbocycles. The molecule has 0 bridgehead atoms. The van der Waals surface area contributed by atoms with Crippen molar-refractivity contribution in [2.24, 2.45) is 0 Å². The average Bonchev–Trinajstić information content (AvgIpc) is 3.33. The maximum absolute atomic E-state index is 12.9. The van der Waals surface area contributed by atoms with Crippen LogP contribution in [0.15, 0.2) is 0 Å². The molecule has 398 valence electrons. The molecule has 1 atom stereocenters. The zero-order valence-electron chi connectivity index (χ0n) is 45.7. The lowest BCUT2D eigenvalue weighted by Crippen LogP contribution is -2.30. The van der Waals surface area contributed by atoms with Crippen LogP contribution in [0.5, 0.6) is 0 Å². The molecule has 0 aliphatic heterocycles. The molecule has 0 aliphatic carbocycles. The van der Waals surface area contributed by atoms with Gasteiger partial charge in [0.1, 0.15) is 13.2 Å². The first kappa shape index (κ1) is 65.4. The highest BCUT2D eigenvalue weighted by Crippen LogP contribution is 2.18. The van der Waals surface area contributed by atoms with Crippen molar-refractivity contribution in [3.05, 3.63) is 0 Å². The quantitative estimate of drug-likeness (QED) is 0.0343. The lowest BCUT2D eigenvalue weighted by atomic mass is 10.0. The van der Waals surface area contributed by atoms with Gasteiger partial charge < -0.3 is 14.2 Å². The minimum atomic E-state index is -0.761. The maximum atomic E-state index is 12.9. The number of hydrogen-bond donors (Lipinski definition) is 0. The summed E-state index contributed by atoms with van der Waals surface area (Å²) in [4.78, 5) is 38.1. The van der Waals surface area contributed by atoms with Crippen LogP contribution in [0.2, 0.25) is 0 Å². The van der Waals surface area contributed by atoms with Crippen LogP contribution in [-0.2, 0) is 28.6 Å². The first-order valence-corrected chi connectivity index (χ1v) is 30.5. The van der Waals surface area contributed by atoms with Crippen LogP contribution in [0, 0.1) is 0 Å². The summed E-state index contributed by atoms with van der Waals surface area (Å²) < 4.78 is 16.9. The van der Waals surface area contributed by atoms with Gasteiger partial charge in [0.25, 0.3) is 0 Å². The van der Waals surface area contributed by atoms with Crippen molar-refractivity contribution in [3.8, 4) is 0 Å². The third-order valence-electron chi connectivity index (χ3n) is 14.1. The monoisotopic (exact) mass is 947 g/mol. The second kappa shape index (κ2) is 57.0. The number of unbranched alkanes of at least 4 members (excludes halogenated alkanes) is 46. The Hall–Kier alpha value is -1.59. The summed E-state index contributed by atoms with van der Waals surface area (Å²) >= 11 is 0. The van der Waals surface area contributed by atoms with Gasteiger partial charge in [-0.3, -0.25) is 14.4 Å². The molecule has 0 rings (SSSR count). The molecule has 0 radical (unpaired) electrons. The Morgan fingerprint density at radius 2 is 0.403 bits per heavy atom. The van der Waals surface area contributed by atoms with E-state index in [1.807, 2.05) is 0 Å². The van der Waals surface area contributed by atoms with Crippen LogP contribution in [0.3, 0.4) is 0 Å². The molecule has 0 aromatic rings. The van der Waals surface area contributed by atoms with E-state index in [1.54, 1.807) is 0 Å². The van der Waals surface area contributed by atoms with Gasteiger partial charge in [0.2, 0.25) is 0 Å². The van der Waals surface area contributed by atoms with E-state index < -0.39 is 6.10 Å². The van der Waals surface area contributed by atoms with E-state index in [2.05, 4.69) is 20.8 Å². The first-order valence-electron chi connectivity index (χ1n) is 30.5. The van der Waals surface area contributed by atoms with Crippen LogP contribution in [-0.4, -0.2) is 37.2 Å². The Labute approximate surface area is 418 Å². The van der Waals surface area contributed by atoms with E-state index in [1.165, 1.54) is 257 Å². The Morgan fingerprint density at radius 1 is 0.239 bits per heavy atom. The molecular formula is C61H118O6. The molecule has 67 heavy (non-hydrogen) atoms. The van der Waals surface area contributed by atoms with E-state index in [-0.39, 0.29) is 31.1 Å². The van der Waals surface area contributed by atoms with Gasteiger partial charge in [-0.2, -0.15) is 0 Å². The van der Waals surface area contributed by atoms with Crippen molar-refractivity contribution in [1.82, 2.24) is 0 Å². The fourth-order valence-electron chi connectivity index (χ4n) is 9.51. The van der Waals surface area contributed by atoms with Gasteiger partial charge in [0.05, 0.1) is 0 Å². The Balaban J connectivity index is 4.16. The number of ether oxygens (including phenoxy) is 3. The number of esters is 3. The highest BCUT2D eigenvalue weighted by Gasteiger charge is 2.19. The van der Waals surface area contributed by atoms with Crippen molar-refractivity contribution in [3.63, 3.8) is 0 Å². The van der Waals surface area contributed by atoms with E-state index in [4.69, 9.17) is 14.2 Å². The number of carbonyl (C=O) groups is 3. The summed E-state index contributed by atoms with van der Waals surface area (Å²) in [6.45, 7) is 6.70. The van der Waals surface area contributed by atoms with Crippen LogP contribution in [0.25, 0.3) is 0 Å². The molecular weight excluding hydrogens is 829 g/mol. The summed E-state index contributed by atoms with van der Waals surface area (Å²) in [5, 5.41) is 0. The molecule has 0 fully saturated rings. The third kappa shape index (κ3) is 55.2. The topological polar surface area (TPSA) is 78.9 Å². The Bertz CT molecular complexity index is 998. The second-order valence-electron chi connectivity index (χ2n) is 21.0. The van der Waals surface area contributed by atoms with Gasteiger partial charge in [0.15, 0.2) is 6.10 Å². The van der Waals surface area contributed by atoms with Crippen LogP contribution in [0.1, 0.15) is 355 Å². The molecule has 0 N–H and O–H groups in total. The SMILES string of the molecule is CCCCCCCCCCCCCCCCCCCCCCC(=O)OCC(COC(=O)CCCCCCCCCCC)OC(=O)CCCCCCCCCCCCCCCCCCCCCC. The number of hydrogen-bond acceptors (Lipinski definition) is 6. The minimum Gasteiger partial charge on any atom is -0.462 e. The van der Waals surface area contributed by atoms with Gasteiger partial charge in [-0.05, 0) is 19.3 Å². The van der Waals surface area contributed by atoms with Gasteiger partial charge in [0, 0.05) is 19.3 Å². The van der Waals surface area contributed by atoms with E-state index >= 15 is 0 Å². The largest absolute Gasteiger partial charge is 0.462 e. The molecule has 6 nitrogen and oxygen atoms in total. The standard InChI is InChI=1S/C61H118O6/c1-4-7-10-13-16-19-21-23-25-27-29-31-33-35-37-39-42-45-48-51-54-60(63)66-57-58(56-65-59(62)53-50-47-44-41-18-15-12-9-6-3)67-61(64)55-52-49-46-43-40-38-36-34-32-30-28-26-24-22-20-17-14-11-8-5-2/h58H,4-57H2,1-3H3. The first-order chi connectivity index (χ1) is 33.0. The average molecular weight is 948 g/mol. The predicted octanol–water partition coefficient (Wildman–Crippen LogP) is 20.3. The summed E-state index contributed by atoms with van der Waals surface area (Å²) in [6, 6.07) is 0. The number of carbonyl (C=O) groups excluding carboxylic acids is 3. The summed E-state index contributed by atoms with van der Waals surface area (Å²) in [5.41, 5.74) is 0. The molecule has 6 heteroatoms. The Morgan fingerprint density at radius 3 is 0.597 bits per heavy atom. The highest BCUT2D eigenvalue weighted by molar-refractivity contribution is 5.71. The minimum absolute atomic E-state index is 0.0612. The van der Waals surface area contributed by atoms with E-state index in [0.717, 1.165) is 57.8 Å². The smallest absolute Gasteiger partial charge is 0.306 e. The van der Waals surface area contributed by atoms with Crippen molar-refractivity contribution >= 4 is 17.9 Å². The van der Waals surface area contributed by atoms with Crippen molar-refractivity contribution in [2.75, 3.05) is 13.2 Å². The molecule has 0 heterocycles. The molecule has 1 unspecified atom stereocenters. The summed E-state index contributed by atoms with van der Waals surface area (Å²) in [7, 11) is 0. The Kier molecular flexibility index (Phi) is 55.6. The predicted molar refractivity (Wildman–Crippen MR) is 289 cm³/mol. The molecule has 0 amide bonds. The van der Waals surface area contributed by atoms with Crippen LogP contribution >= 0.6 is 0 Å². The van der Waals surface area contributed by atoms with Crippen molar-refractivity contribution < 1.29 is 28.6 Å². The molecule has 0 spiro atoms. The van der Waals surface area contributed by atoms with Gasteiger partial charge in [-0.25, -0.2) is 0 Å². The fraction of sp³-hybridized carbons (Fsp3) is 0.951. The molecule has 0 saturated heterocycles. The summed E-state index contributed by atoms with van der Waals surface area (Å²) in [6.07, 6.45) is 64.0. The van der Waals surface area contributed by atoms with Crippen molar-refractivity contribution in [1.29, 1.82) is 0 Å². The highest BCUT2D eigenvalue weighted by atomic mass is 16.6.